The summed E-state index contributed by atoms with van der Waals surface area (Å²) in [5.74, 6) is 0.421. The molecular weight excluding hydrogens is 533 g/mol. The van der Waals surface area contributed by atoms with Gasteiger partial charge in [0.25, 0.3) is 5.91 Å². The maximum atomic E-state index is 13.4. The Morgan fingerprint density at radius 2 is 1.57 bits per heavy atom. The number of ether oxygens (including phenoxy) is 1. The minimum Gasteiger partial charge on any atom is -0.457 e. The molecule has 2 aliphatic rings. The van der Waals surface area contributed by atoms with E-state index in [2.05, 4.69) is 10.6 Å². The number of para-hydroxylation sites is 1. The molecule has 8 nitrogen and oxygen atoms in total. The number of nitrogens with zero attached hydrogens (tertiary/aromatic N) is 1. The first-order valence-corrected chi connectivity index (χ1v) is 15.2. The molecule has 3 atom stereocenters. The predicted molar refractivity (Wildman–Crippen MR) is 150 cm³/mol. The van der Waals surface area contributed by atoms with E-state index in [9.17, 15) is 22.4 Å². The van der Waals surface area contributed by atoms with E-state index in [1.807, 2.05) is 30.3 Å². The Bertz CT molecular complexity index is 1420. The van der Waals surface area contributed by atoms with Gasteiger partial charge in [-0.05, 0) is 73.5 Å². The number of amides is 2. The van der Waals surface area contributed by atoms with Crippen LogP contribution < -0.4 is 15.4 Å². The van der Waals surface area contributed by atoms with Gasteiger partial charge >= 0.3 is 0 Å². The van der Waals surface area contributed by atoms with Crippen molar-refractivity contribution in [3.8, 4) is 11.5 Å². The summed E-state index contributed by atoms with van der Waals surface area (Å²) in [4.78, 5) is 28.0. The van der Waals surface area contributed by atoms with E-state index in [1.54, 1.807) is 36.4 Å². The predicted octanol–water partition coefficient (Wildman–Crippen LogP) is 3.51. The highest BCUT2D eigenvalue weighted by Crippen LogP contribution is 2.40. The van der Waals surface area contributed by atoms with Crippen molar-refractivity contribution in [1.82, 2.24) is 15.5 Å². The zero-order valence-corrected chi connectivity index (χ0v) is 22.8. The molecule has 10 heteroatoms. The summed E-state index contributed by atoms with van der Waals surface area (Å²) in [5.41, 5.74) is 1.44. The van der Waals surface area contributed by atoms with Gasteiger partial charge in [-0.2, -0.15) is 0 Å². The molecule has 0 bridgehead atoms. The molecule has 0 radical (unpaired) electrons. The second-order valence-corrected chi connectivity index (χ2v) is 12.5. The highest BCUT2D eigenvalue weighted by atomic mass is 32.2. The second kappa shape index (κ2) is 12.2. The molecule has 3 aromatic rings. The summed E-state index contributed by atoms with van der Waals surface area (Å²) in [6, 6.07) is 21.8. The zero-order chi connectivity index (χ0) is 28.1. The number of hydrogen-bond acceptors (Lipinski definition) is 6. The fraction of sp³-hybridized carbons (Fsp3) is 0.333. The van der Waals surface area contributed by atoms with Crippen LogP contribution in [0.25, 0.3) is 0 Å². The summed E-state index contributed by atoms with van der Waals surface area (Å²) in [6.45, 7) is 0.707. The van der Waals surface area contributed by atoms with E-state index in [4.69, 9.17) is 4.74 Å². The van der Waals surface area contributed by atoms with Gasteiger partial charge in [0, 0.05) is 30.6 Å². The van der Waals surface area contributed by atoms with Gasteiger partial charge in [-0.15, -0.1) is 0 Å². The number of carbonyl (C=O) groups excluding carboxylic acids is 2. The molecule has 1 saturated heterocycles. The zero-order valence-electron chi connectivity index (χ0n) is 22.0. The van der Waals surface area contributed by atoms with E-state index in [-0.39, 0.29) is 48.3 Å². The fourth-order valence-corrected chi connectivity index (χ4v) is 6.06. The van der Waals surface area contributed by atoms with Gasteiger partial charge in [-0.3, -0.25) is 9.59 Å². The van der Waals surface area contributed by atoms with Gasteiger partial charge in [0.2, 0.25) is 5.91 Å². The standard InChI is InChI=1S/C30H32FN3O5S/c31-23-10-6-21(7-11-23)26-20-28(26)32-15-14-27(30(36)34-16-18-40(37,38)19-17-34)33-29(35)22-8-12-25(13-9-22)39-24-4-2-1-3-5-24/h1-13,26-28,32H,14-20H2,(H,33,35)/t26-,27-,28+/m0/s1. The minimum atomic E-state index is -3.15. The molecule has 0 unspecified atom stereocenters. The lowest BCUT2D eigenvalue weighted by Gasteiger charge is -2.30. The van der Waals surface area contributed by atoms with Crippen LogP contribution in [0.5, 0.6) is 11.5 Å². The maximum Gasteiger partial charge on any atom is 0.251 e. The van der Waals surface area contributed by atoms with Gasteiger partial charge in [-0.25, -0.2) is 12.8 Å². The van der Waals surface area contributed by atoms with Crippen molar-refractivity contribution in [1.29, 1.82) is 0 Å². The number of rotatable bonds is 10. The molecular formula is C30H32FN3O5S. The van der Waals surface area contributed by atoms with Gasteiger partial charge in [0.05, 0.1) is 11.5 Å². The van der Waals surface area contributed by atoms with Crippen molar-refractivity contribution in [2.24, 2.45) is 0 Å². The maximum absolute atomic E-state index is 13.4. The Morgan fingerprint density at radius 1 is 0.925 bits per heavy atom. The number of hydrogen-bond donors (Lipinski definition) is 2. The van der Waals surface area contributed by atoms with Crippen LogP contribution in [0, 0.1) is 5.82 Å². The van der Waals surface area contributed by atoms with Crippen LogP contribution in [0.2, 0.25) is 0 Å². The molecule has 2 amide bonds. The van der Waals surface area contributed by atoms with E-state index < -0.39 is 21.8 Å². The van der Waals surface area contributed by atoms with E-state index in [0.29, 0.717) is 30.0 Å². The molecule has 0 aromatic heterocycles. The van der Waals surface area contributed by atoms with Crippen molar-refractivity contribution >= 4 is 21.7 Å². The summed E-state index contributed by atoms with van der Waals surface area (Å²) in [6.07, 6.45) is 1.26. The number of sulfone groups is 1. The Labute approximate surface area is 233 Å². The van der Waals surface area contributed by atoms with Crippen molar-refractivity contribution in [2.45, 2.75) is 30.8 Å². The van der Waals surface area contributed by atoms with Crippen LogP contribution in [0.15, 0.2) is 78.9 Å². The van der Waals surface area contributed by atoms with Crippen LogP contribution in [0.4, 0.5) is 4.39 Å². The Hall–Kier alpha value is -3.76. The first-order valence-electron chi connectivity index (χ1n) is 13.4. The monoisotopic (exact) mass is 565 g/mol. The summed E-state index contributed by atoms with van der Waals surface area (Å²) in [5, 5.41) is 6.30. The van der Waals surface area contributed by atoms with Crippen molar-refractivity contribution < 1.29 is 27.1 Å². The molecule has 1 aliphatic heterocycles. The van der Waals surface area contributed by atoms with Gasteiger partial charge in [-0.1, -0.05) is 30.3 Å². The topological polar surface area (TPSA) is 105 Å². The molecule has 2 fully saturated rings. The summed E-state index contributed by atoms with van der Waals surface area (Å²) < 4.78 is 42.8. The van der Waals surface area contributed by atoms with Crippen molar-refractivity contribution in [3.63, 3.8) is 0 Å². The van der Waals surface area contributed by atoms with E-state index in [0.717, 1.165) is 12.0 Å². The Balaban J connectivity index is 1.20. The van der Waals surface area contributed by atoms with Crippen LogP contribution in [-0.4, -0.2) is 68.4 Å². The third-order valence-electron chi connectivity index (χ3n) is 7.28. The molecule has 40 heavy (non-hydrogen) atoms. The molecule has 1 saturated carbocycles. The van der Waals surface area contributed by atoms with Crippen LogP contribution >= 0.6 is 0 Å². The summed E-state index contributed by atoms with van der Waals surface area (Å²) in [7, 11) is -3.15. The molecule has 5 rings (SSSR count). The third-order valence-corrected chi connectivity index (χ3v) is 8.89. The van der Waals surface area contributed by atoms with Crippen LogP contribution in [0.3, 0.4) is 0 Å². The number of halogens is 1. The summed E-state index contributed by atoms with van der Waals surface area (Å²) >= 11 is 0. The van der Waals surface area contributed by atoms with Gasteiger partial charge in [0.15, 0.2) is 9.84 Å². The molecule has 210 valence electrons. The van der Waals surface area contributed by atoms with Gasteiger partial charge < -0.3 is 20.3 Å². The average molecular weight is 566 g/mol. The SMILES string of the molecule is O=C(N[C@@H](CCN[C@@H]1C[C@H]1c1ccc(F)cc1)C(=O)N1CCS(=O)(=O)CC1)c1ccc(Oc2ccccc2)cc1. The van der Waals surface area contributed by atoms with Crippen molar-refractivity contribution in [2.75, 3.05) is 31.1 Å². The highest BCUT2D eigenvalue weighted by Gasteiger charge is 2.38. The number of carbonyl (C=O) groups is 2. The molecule has 3 aromatic carbocycles. The van der Waals surface area contributed by atoms with Gasteiger partial charge in [0.1, 0.15) is 23.4 Å². The van der Waals surface area contributed by atoms with E-state index in [1.165, 1.54) is 17.0 Å². The van der Waals surface area contributed by atoms with Crippen molar-refractivity contribution in [3.05, 3.63) is 95.8 Å². The first-order chi connectivity index (χ1) is 19.3. The lowest BCUT2D eigenvalue weighted by molar-refractivity contribution is -0.133. The Kier molecular flexibility index (Phi) is 8.46. The minimum absolute atomic E-state index is 0.0814. The lowest BCUT2D eigenvalue weighted by atomic mass is 10.1. The number of nitrogens with one attached hydrogen (secondary N) is 2. The highest BCUT2D eigenvalue weighted by molar-refractivity contribution is 7.91. The van der Waals surface area contributed by atoms with Crippen LogP contribution in [-0.2, 0) is 14.6 Å². The smallest absolute Gasteiger partial charge is 0.251 e. The molecule has 0 spiro atoms. The Morgan fingerprint density at radius 3 is 2.25 bits per heavy atom. The first kappa shape index (κ1) is 27.8. The molecule has 1 heterocycles. The van der Waals surface area contributed by atoms with E-state index >= 15 is 0 Å². The third kappa shape index (κ3) is 7.25. The molecule has 2 N–H and O–H groups in total. The quantitative estimate of drug-likeness (QED) is 0.390. The normalized spacial score (nSPS) is 20.4. The average Bonchev–Trinajstić information content (AvgIpc) is 3.73. The largest absolute Gasteiger partial charge is 0.457 e. The van der Waals surface area contributed by atoms with Crippen LogP contribution in [0.1, 0.15) is 34.7 Å². The lowest BCUT2D eigenvalue weighted by Crippen LogP contribution is -2.53. The number of benzene rings is 3. The second-order valence-electron chi connectivity index (χ2n) is 10.2. The molecule has 1 aliphatic carbocycles. The fourth-order valence-electron chi connectivity index (χ4n) is 4.86.